The van der Waals surface area contributed by atoms with Crippen LogP contribution in [0.3, 0.4) is 0 Å². The zero-order valence-electron chi connectivity index (χ0n) is 16.9. The molecule has 11 heteroatoms. The summed E-state index contributed by atoms with van der Waals surface area (Å²) in [5, 5.41) is 4.35. The van der Waals surface area contributed by atoms with E-state index in [1.807, 2.05) is 17.2 Å². The van der Waals surface area contributed by atoms with Crippen LogP contribution in [0.5, 0.6) is 6.01 Å². The van der Waals surface area contributed by atoms with Gasteiger partial charge >= 0.3 is 12.0 Å². The zero-order chi connectivity index (χ0) is 20.7. The molecule has 3 aromatic rings. The van der Waals surface area contributed by atoms with Crippen LogP contribution in [0.2, 0.25) is 0 Å². The maximum atomic E-state index is 12.7. The second-order valence-corrected chi connectivity index (χ2v) is 8.70. The minimum atomic E-state index is -0.117. The van der Waals surface area contributed by atoms with E-state index in [0.717, 1.165) is 60.7 Å². The van der Waals surface area contributed by atoms with Crippen molar-refractivity contribution in [2.24, 2.45) is 11.8 Å². The molecule has 2 aliphatic rings. The average molecular weight is 429 g/mol. The van der Waals surface area contributed by atoms with Crippen molar-refractivity contribution in [3.63, 3.8) is 0 Å². The van der Waals surface area contributed by atoms with Crippen molar-refractivity contribution in [3.8, 4) is 6.01 Å². The third-order valence-corrected chi connectivity index (χ3v) is 6.96. The van der Waals surface area contributed by atoms with Crippen molar-refractivity contribution in [2.75, 3.05) is 37.5 Å². The van der Waals surface area contributed by atoms with Crippen LogP contribution in [-0.2, 0) is 0 Å². The van der Waals surface area contributed by atoms with E-state index < -0.39 is 0 Å². The minimum Gasteiger partial charge on any atom is -0.466 e. The van der Waals surface area contributed by atoms with Gasteiger partial charge in [-0.05, 0) is 37.2 Å². The molecular weight excluding hydrogens is 404 g/mol. The van der Waals surface area contributed by atoms with Gasteiger partial charge in [-0.2, -0.15) is 4.98 Å². The molecule has 2 N–H and O–H groups in total. The minimum absolute atomic E-state index is 0.117. The van der Waals surface area contributed by atoms with E-state index in [9.17, 15) is 4.79 Å². The van der Waals surface area contributed by atoms with Gasteiger partial charge in [0, 0.05) is 43.9 Å². The van der Waals surface area contributed by atoms with Gasteiger partial charge in [0.15, 0.2) is 0 Å². The zero-order valence-corrected chi connectivity index (χ0v) is 17.7. The highest BCUT2D eigenvalue weighted by molar-refractivity contribution is 7.10. The Kier molecular flexibility index (Phi) is 4.89. The van der Waals surface area contributed by atoms with E-state index in [4.69, 9.17) is 4.74 Å². The third kappa shape index (κ3) is 3.42. The molecule has 3 atom stereocenters. The van der Waals surface area contributed by atoms with Gasteiger partial charge in [-0.3, -0.25) is 5.32 Å². The molecular formula is C19H24N8O2S. The van der Waals surface area contributed by atoms with E-state index in [-0.39, 0.29) is 12.0 Å². The molecule has 0 bridgehead atoms. The molecule has 1 aliphatic heterocycles. The number of fused-ring (bicyclic) bond motifs is 2. The van der Waals surface area contributed by atoms with Gasteiger partial charge in [-0.1, -0.05) is 0 Å². The summed E-state index contributed by atoms with van der Waals surface area (Å²) < 4.78 is 9.00. The molecule has 3 aromatic heterocycles. The molecule has 2 amide bonds. The number of carbonyl (C=O) groups excluding carboxylic acids is 1. The van der Waals surface area contributed by atoms with E-state index >= 15 is 0 Å². The number of rotatable bonds is 4. The summed E-state index contributed by atoms with van der Waals surface area (Å²) in [5.74, 6) is 2.08. The normalized spacial score (nSPS) is 23.4. The summed E-state index contributed by atoms with van der Waals surface area (Å²) >= 11 is 1.12. The van der Waals surface area contributed by atoms with Gasteiger partial charge in [0.05, 0.1) is 12.5 Å². The fourth-order valence-electron chi connectivity index (χ4n) is 4.78. The molecule has 2 fully saturated rings. The topological polar surface area (TPSA) is 112 Å². The first kappa shape index (κ1) is 19.0. The average Bonchev–Trinajstić information content (AvgIpc) is 3.50. The fourth-order valence-corrected chi connectivity index (χ4v) is 5.31. The highest BCUT2D eigenvalue weighted by Gasteiger charge is 2.41. The Bertz CT molecular complexity index is 1050. The predicted molar refractivity (Wildman–Crippen MR) is 114 cm³/mol. The number of anilines is 2. The standard InChI is InChI=1S/C19H24N8O2S/c1-26(16-14-3-5-20-15(14)21-10-22-16)13-7-11-4-6-27(9-12(11)8-13)19(28)24-18-23-17(29-2)25-30-18/h3,5,10-13H,4,6-9H2,1-2H3,(H,20,21,22)(H,23,24,25,28)/t11-,12?,13?/m0/s1. The van der Waals surface area contributed by atoms with Crippen LogP contribution in [0.15, 0.2) is 18.6 Å². The lowest BCUT2D eigenvalue weighted by Gasteiger charge is -2.34. The number of aromatic nitrogens is 5. The van der Waals surface area contributed by atoms with Crippen molar-refractivity contribution < 1.29 is 9.53 Å². The number of amides is 2. The summed E-state index contributed by atoms with van der Waals surface area (Å²) in [5.41, 5.74) is 0.860. The molecule has 1 saturated heterocycles. The number of hydrogen-bond acceptors (Lipinski definition) is 8. The van der Waals surface area contributed by atoms with Crippen molar-refractivity contribution in [3.05, 3.63) is 18.6 Å². The maximum Gasteiger partial charge on any atom is 0.329 e. The highest BCUT2D eigenvalue weighted by Crippen LogP contribution is 2.41. The fraction of sp³-hybridized carbons (Fsp3) is 0.526. The van der Waals surface area contributed by atoms with Crippen molar-refractivity contribution in [2.45, 2.75) is 25.3 Å². The Morgan fingerprint density at radius 1 is 1.37 bits per heavy atom. The van der Waals surface area contributed by atoms with Gasteiger partial charge in [0.25, 0.3) is 0 Å². The first-order valence-corrected chi connectivity index (χ1v) is 10.8. The molecule has 30 heavy (non-hydrogen) atoms. The number of H-pyrrole nitrogens is 1. The number of aromatic amines is 1. The summed E-state index contributed by atoms with van der Waals surface area (Å²) in [7, 11) is 3.62. The van der Waals surface area contributed by atoms with Crippen LogP contribution in [0.25, 0.3) is 11.0 Å². The molecule has 1 saturated carbocycles. The van der Waals surface area contributed by atoms with Gasteiger partial charge in [0.2, 0.25) is 5.13 Å². The Hall–Kier alpha value is -2.95. The SMILES string of the molecule is COc1nsc(NC(=O)N2CC[C@H]3CC(N(C)c4ncnc5[nH]ccc45)CC3C2)n1. The molecule has 4 heterocycles. The molecule has 0 aromatic carbocycles. The van der Waals surface area contributed by atoms with Gasteiger partial charge in [0.1, 0.15) is 17.8 Å². The van der Waals surface area contributed by atoms with Crippen molar-refractivity contribution in [1.29, 1.82) is 0 Å². The number of nitrogens with one attached hydrogen (secondary N) is 2. The summed E-state index contributed by atoms with van der Waals surface area (Å²) in [6.45, 7) is 1.52. The van der Waals surface area contributed by atoms with E-state index in [2.05, 4.69) is 41.6 Å². The summed E-state index contributed by atoms with van der Waals surface area (Å²) in [6.07, 6.45) is 6.70. The molecule has 0 radical (unpaired) electrons. The first-order chi connectivity index (χ1) is 14.6. The smallest absolute Gasteiger partial charge is 0.329 e. The number of hydrogen-bond donors (Lipinski definition) is 2. The van der Waals surface area contributed by atoms with Crippen LogP contribution in [0.1, 0.15) is 19.3 Å². The Balaban J connectivity index is 1.24. The number of ether oxygens (including phenoxy) is 1. The van der Waals surface area contributed by atoms with Crippen LogP contribution in [-0.4, -0.2) is 68.5 Å². The molecule has 0 spiro atoms. The number of methoxy groups -OCH3 is 1. The number of carbonyl (C=O) groups is 1. The molecule has 10 nitrogen and oxygen atoms in total. The molecule has 158 valence electrons. The van der Waals surface area contributed by atoms with Crippen molar-refractivity contribution in [1.82, 2.24) is 29.2 Å². The first-order valence-electron chi connectivity index (χ1n) is 10.1. The van der Waals surface area contributed by atoms with Crippen LogP contribution < -0.4 is 15.0 Å². The highest BCUT2D eigenvalue weighted by atomic mass is 32.1. The molecule has 1 aliphatic carbocycles. The quantitative estimate of drug-likeness (QED) is 0.657. The van der Waals surface area contributed by atoms with Gasteiger partial charge in [-0.25, -0.2) is 14.8 Å². The van der Waals surface area contributed by atoms with Crippen molar-refractivity contribution >= 4 is 39.5 Å². The maximum absolute atomic E-state index is 12.7. The van der Waals surface area contributed by atoms with E-state index in [1.54, 1.807) is 6.33 Å². The lowest BCUT2D eigenvalue weighted by molar-refractivity contribution is 0.154. The summed E-state index contributed by atoms with van der Waals surface area (Å²) in [6, 6.07) is 2.59. The van der Waals surface area contributed by atoms with E-state index in [1.165, 1.54) is 7.11 Å². The number of piperidine rings is 1. The Morgan fingerprint density at radius 2 is 2.23 bits per heavy atom. The second-order valence-electron chi connectivity index (χ2n) is 7.94. The Morgan fingerprint density at radius 3 is 3.07 bits per heavy atom. The summed E-state index contributed by atoms with van der Waals surface area (Å²) in [4.78, 5) is 33.0. The monoisotopic (exact) mass is 428 g/mol. The number of likely N-dealkylation sites (tertiary alicyclic amines) is 1. The largest absolute Gasteiger partial charge is 0.466 e. The van der Waals surface area contributed by atoms with Crippen LogP contribution in [0, 0.1) is 11.8 Å². The number of urea groups is 1. The lowest BCUT2D eigenvalue weighted by atomic mass is 9.89. The lowest BCUT2D eigenvalue weighted by Crippen LogP contribution is -2.44. The number of nitrogens with zero attached hydrogens (tertiary/aromatic N) is 6. The van der Waals surface area contributed by atoms with E-state index in [0.29, 0.717) is 23.0 Å². The third-order valence-electron chi connectivity index (χ3n) is 6.35. The van der Waals surface area contributed by atoms with Gasteiger partial charge < -0.3 is 19.5 Å². The molecule has 5 rings (SSSR count). The van der Waals surface area contributed by atoms with Crippen LogP contribution >= 0.6 is 11.5 Å². The second kappa shape index (κ2) is 7.71. The molecule has 2 unspecified atom stereocenters. The van der Waals surface area contributed by atoms with Gasteiger partial charge in [-0.15, -0.1) is 4.37 Å². The van der Waals surface area contributed by atoms with Crippen LogP contribution in [0.4, 0.5) is 15.7 Å². The Labute approximate surface area is 177 Å². The predicted octanol–water partition coefficient (Wildman–Crippen LogP) is 2.59.